The van der Waals surface area contributed by atoms with Crippen molar-refractivity contribution in [2.75, 3.05) is 0 Å². The van der Waals surface area contributed by atoms with E-state index >= 15 is 0 Å². The Bertz CT molecular complexity index is 867. The molecule has 0 spiro atoms. The molecule has 0 fully saturated rings. The third-order valence-electron chi connectivity index (χ3n) is 3.40. The van der Waals surface area contributed by atoms with Crippen molar-refractivity contribution in [1.29, 1.82) is 0 Å². The minimum atomic E-state index is -0.338. The van der Waals surface area contributed by atoms with Crippen LogP contribution in [-0.4, -0.2) is 16.6 Å². The molecule has 0 aliphatic heterocycles. The van der Waals surface area contributed by atoms with E-state index in [-0.39, 0.29) is 11.7 Å². The molecule has 3 aromatic rings. The number of benzene rings is 2. The molecular formula is C17H14FN3O. The number of nitrogens with zero attached hydrogens (tertiary/aromatic N) is 1. The predicted octanol–water partition coefficient (Wildman–Crippen LogP) is 3.46. The number of rotatable bonds is 3. The highest BCUT2D eigenvalue weighted by molar-refractivity contribution is 6.07. The number of carbonyl (C=O) groups excluding carboxylic acids is 1. The van der Waals surface area contributed by atoms with Crippen molar-refractivity contribution in [1.82, 2.24) is 10.4 Å². The molecule has 4 nitrogen and oxygen atoms in total. The van der Waals surface area contributed by atoms with Crippen LogP contribution in [-0.2, 0) is 0 Å². The van der Waals surface area contributed by atoms with Gasteiger partial charge in [-0.05, 0) is 25.1 Å². The first kappa shape index (κ1) is 14.0. The molecule has 110 valence electrons. The fraction of sp³-hybridized carbons (Fsp3) is 0.0588. The molecular weight excluding hydrogens is 281 g/mol. The lowest BCUT2D eigenvalue weighted by Crippen LogP contribution is -2.19. The summed E-state index contributed by atoms with van der Waals surface area (Å²) in [6.45, 7) is 1.71. The number of hydrazone groups is 1. The molecule has 0 atom stereocenters. The smallest absolute Gasteiger partial charge is 0.273 e. The van der Waals surface area contributed by atoms with Crippen molar-refractivity contribution in [2.45, 2.75) is 6.92 Å². The Kier molecular flexibility index (Phi) is 3.70. The summed E-state index contributed by atoms with van der Waals surface area (Å²) in [5.74, 6) is -0.650. The number of hydrogen-bond acceptors (Lipinski definition) is 2. The zero-order chi connectivity index (χ0) is 15.5. The lowest BCUT2D eigenvalue weighted by Gasteiger charge is -2.02. The molecule has 0 aliphatic rings. The van der Waals surface area contributed by atoms with Gasteiger partial charge in [0.05, 0.1) is 11.3 Å². The SMILES string of the molecule is C/C(=N\NC(=O)c1c[nH]c2ccccc12)c1cccc(F)c1. The number of hydrogen-bond donors (Lipinski definition) is 2. The molecule has 1 aromatic heterocycles. The van der Waals surface area contributed by atoms with Gasteiger partial charge in [0.15, 0.2) is 0 Å². The number of aromatic nitrogens is 1. The maximum atomic E-state index is 13.2. The number of amides is 1. The van der Waals surface area contributed by atoms with Gasteiger partial charge in [0.2, 0.25) is 0 Å². The minimum absolute atomic E-state index is 0.312. The van der Waals surface area contributed by atoms with Crippen LogP contribution in [0.3, 0.4) is 0 Å². The van der Waals surface area contributed by atoms with Gasteiger partial charge in [0, 0.05) is 22.7 Å². The topological polar surface area (TPSA) is 57.2 Å². The van der Waals surface area contributed by atoms with Crippen LogP contribution < -0.4 is 5.43 Å². The molecule has 5 heteroatoms. The summed E-state index contributed by atoms with van der Waals surface area (Å²) in [6.07, 6.45) is 1.65. The number of carbonyl (C=O) groups is 1. The van der Waals surface area contributed by atoms with Crippen molar-refractivity contribution >= 4 is 22.5 Å². The lowest BCUT2D eigenvalue weighted by molar-refractivity contribution is 0.0956. The molecule has 2 aromatic carbocycles. The molecule has 0 saturated carbocycles. The predicted molar refractivity (Wildman–Crippen MR) is 84.4 cm³/mol. The maximum Gasteiger partial charge on any atom is 0.273 e. The van der Waals surface area contributed by atoms with E-state index in [1.165, 1.54) is 12.1 Å². The first-order chi connectivity index (χ1) is 10.6. The van der Waals surface area contributed by atoms with E-state index < -0.39 is 0 Å². The Labute approximate surface area is 126 Å². The largest absolute Gasteiger partial charge is 0.360 e. The average Bonchev–Trinajstić information content (AvgIpc) is 2.96. The first-order valence-corrected chi connectivity index (χ1v) is 6.82. The third-order valence-corrected chi connectivity index (χ3v) is 3.40. The van der Waals surface area contributed by atoms with Crippen molar-refractivity contribution in [2.24, 2.45) is 5.10 Å². The van der Waals surface area contributed by atoms with Crippen molar-refractivity contribution in [3.05, 3.63) is 71.7 Å². The van der Waals surface area contributed by atoms with Gasteiger partial charge < -0.3 is 4.98 Å². The second-order valence-electron chi connectivity index (χ2n) is 4.90. The Morgan fingerprint density at radius 3 is 2.82 bits per heavy atom. The van der Waals surface area contributed by atoms with Crippen LogP contribution in [0.25, 0.3) is 10.9 Å². The average molecular weight is 295 g/mol. The number of aromatic amines is 1. The van der Waals surface area contributed by atoms with Crippen LogP contribution in [0.1, 0.15) is 22.8 Å². The minimum Gasteiger partial charge on any atom is -0.360 e. The van der Waals surface area contributed by atoms with E-state index in [1.807, 2.05) is 24.3 Å². The zero-order valence-corrected chi connectivity index (χ0v) is 11.9. The molecule has 0 bridgehead atoms. The number of para-hydroxylation sites is 1. The molecule has 2 N–H and O–H groups in total. The van der Waals surface area contributed by atoms with E-state index in [0.717, 1.165) is 10.9 Å². The fourth-order valence-electron chi connectivity index (χ4n) is 2.23. The molecule has 0 saturated heterocycles. The number of H-pyrrole nitrogens is 1. The summed E-state index contributed by atoms with van der Waals surface area (Å²) < 4.78 is 13.2. The zero-order valence-electron chi connectivity index (χ0n) is 11.9. The Morgan fingerprint density at radius 2 is 2.00 bits per heavy atom. The molecule has 1 amide bonds. The van der Waals surface area contributed by atoms with Crippen molar-refractivity contribution < 1.29 is 9.18 Å². The number of halogens is 1. The highest BCUT2D eigenvalue weighted by Gasteiger charge is 2.11. The lowest BCUT2D eigenvalue weighted by atomic mass is 10.1. The molecule has 1 heterocycles. The Hall–Kier alpha value is -2.95. The van der Waals surface area contributed by atoms with Gasteiger partial charge in [-0.3, -0.25) is 4.79 Å². The molecule has 22 heavy (non-hydrogen) atoms. The van der Waals surface area contributed by atoms with Crippen LogP contribution in [0.4, 0.5) is 4.39 Å². The standard InChI is InChI=1S/C17H14FN3O/c1-11(12-5-4-6-13(18)9-12)20-21-17(22)15-10-19-16-8-3-2-7-14(15)16/h2-10,19H,1H3,(H,21,22)/b20-11+. The first-order valence-electron chi connectivity index (χ1n) is 6.82. The van der Waals surface area contributed by atoms with Gasteiger partial charge in [-0.15, -0.1) is 0 Å². The summed E-state index contributed by atoms with van der Waals surface area (Å²) in [5, 5.41) is 4.87. The van der Waals surface area contributed by atoms with E-state index in [4.69, 9.17) is 0 Å². The Balaban J connectivity index is 1.81. The van der Waals surface area contributed by atoms with Gasteiger partial charge in [-0.1, -0.05) is 30.3 Å². The summed E-state index contributed by atoms with van der Waals surface area (Å²) in [7, 11) is 0. The van der Waals surface area contributed by atoms with Gasteiger partial charge in [0.1, 0.15) is 5.82 Å². The second kappa shape index (κ2) is 5.81. The molecule has 0 aliphatic carbocycles. The summed E-state index contributed by atoms with van der Waals surface area (Å²) in [5.41, 5.74) is 5.07. The normalized spacial score (nSPS) is 11.6. The maximum absolute atomic E-state index is 13.2. The van der Waals surface area contributed by atoms with Crippen LogP contribution in [0, 0.1) is 5.82 Å². The van der Waals surface area contributed by atoms with E-state index in [0.29, 0.717) is 16.8 Å². The molecule has 3 rings (SSSR count). The van der Waals surface area contributed by atoms with Crippen molar-refractivity contribution in [3.63, 3.8) is 0 Å². The van der Waals surface area contributed by atoms with Crippen LogP contribution in [0.5, 0.6) is 0 Å². The van der Waals surface area contributed by atoms with Crippen LogP contribution >= 0.6 is 0 Å². The van der Waals surface area contributed by atoms with Gasteiger partial charge in [-0.2, -0.15) is 5.10 Å². The highest BCUT2D eigenvalue weighted by Crippen LogP contribution is 2.17. The van der Waals surface area contributed by atoms with Crippen LogP contribution in [0.2, 0.25) is 0 Å². The molecule has 0 radical (unpaired) electrons. The number of nitrogens with one attached hydrogen (secondary N) is 2. The van der Waals surface area contributed by atoms with Crippen LogP contribution in [0.15, 0.2) is 59.8 Å². The highest BCUT2D eigenvalue weighted by atomic mass is 19.1. The quantitative estimate of drug-likeness (QED) is 0.564. The summed E-state index contributed by atoms with van der Waals surface area (Å²) >= 11 is 0. The van der Waals surface area contributed by atoms with E-state index in [9.17, 15) is 9.18 Å². The fourth-order valence-corrected chi connectivity index (χ4v) is 2.23. The van der Waals surface area contributed by atoms with Crippen molar-refractivity contribution in [3.8, 4) is 0 Å². The van der Waals surface area contributed by atoms with Gasteiger partial charge in [-0.25, -0.2) is 9.82 Å². The summed E-state index contributed by atoms with van der Waals surface area (Å²) in [4.78, 5) is 15.2. The molecule has 0 unspecified atom stereocenters. The third kappa shape index (κ3) is 2.74. The second-order valence-corrected chi connectivity index (χ2v) is 4.90. The monoisotopic (exact) mass is 295 g/mol. The summed E-state index contributed by atoms with van der Waals surface area (Å²) in [6, 6.07) is 13.6. The van der Waals surface area contributed by atoms with Gasteiger partial charge >= 0.3 is 0 Å². The Morgan fingerprint density at radius 1 is 1.18 bits per heavy atom. The van der Waals surface area contributed by atoms with Gasteiger partial charge in [0.25, 0.3) is 5.91 Å². The number of fused-ring (bicyclic) bond motifs is 1. The van der Waals surface area contributed by atoms with E-state index in [2.05, 4.69) is 15.5 Å². The van der Waals surface area contributed by atoms with E-state index in [1.54, 1.807) is 25.3 Å².